The Morgan fingerprint density at radius 3 is 2.90 bits per heavy atom. The van der Waals surface area contributed by atoms with Gasteiger partial charge >= 0.3 is 0 Å². The Morgan fingerprint density at radius 2 is 2.24 bits per heavy atom. The molecule has 21 heavy (non-hydrogen) atoms. The summed E-state index contributed by atoms with van der Waals surface area (Å²) in [4.78, 5) is 17.0. The first kappa shape index (κ1) is 14.5. The second kappa shape index (κ2) is 4.78. The van der Waals surface area contributed by atoms with Crippen molar-refractivity contribution in [2.24, 2.45) is 17.1 Å². The van der Waals surface area contributed by atoms with E-state index in [2.05, 4.69) is 10.3 Å². The van der Waals surface area contributed by atoms with Gasteiger partial charge in [0.1, 0.15) is 11.4 Å². The van der Waals surface area contributed by atoms with Crippen LogP contribution in [0.25, 0.3) is 0 Å². The Morgan fingerprint density at radius 1 is 1.48 bits per heavy atom. The summed E-state index contributed by atoms with van der Waals surface area (Å²) in [6, 6.07) is 3.72. The van der Waals surface area contributed by atoms with Crippen LogP contribution in [0.2, 0.25) is 0 Å². The number of ether oxygens (including phenoxy) is 1. The van der Waals surface area contributed by atoms with Crippen molar-refractivity contribution in [1.29, 1.82) is 0 Å². The number of amides is 1. The van der Waals surface area contributed by atoms with E-state index in [1.165, 1.54) is 0 Å². The Kier molecular flexibility index (Phi) is 3.30. The zero-order chi connectivity index (χ0) is 15.3. The predicted molar refractivity (Wildman–Crippen MR) is 80.8 cm³/mol. The van der Waals surface area contributed by atoms with Gasteiger partial charge in [0, 0.05) is 24.1 Å². The normalized spacial score (nSPS) is 33.7. The number of nitrogens with zero attached hydrogens (tertiary/aromatic N) is 1. The molecule has 2 fully saturated rings. The monoisotopic (exact) mass is 289 g/mol. The van der Waals surface area contributed by atoms with Crippen LogP contribution in [0.3, 0.4) is 0 Å². The minimum Gasteiger partial charge on any atom is -0.377 e. The van der Waals surface area contributed by atoms with E-state index in [0.717, 1.165) is 25.0 Å². The molecule has 1 saturated heterocycles. The largest absolute Gasteiger partial charge is 0.377 e. The first-order valence-electron chi connectivity index (χ1n) is 7.52. The van der Waals surface area contributed by atoms with Gasteiger partial charge in [0.2, 0.25) is 5.91 Å². The van der Waals surface area contributed by atoms with E-state index in [-0.39, 0.29) is 23.3 Å². The van der Waals surface area contributed by atoms with Crippen LogP contribution in [0.15, 0.2) is 18.3 Å². The summed E-state index contributed by atoms with van der Waals surface area (Å²) in [5, 5.41) is 2.87. The quantitative estimate of drug-likeness (QED) is 0.871. The molecule has 1 aromatic rings. The molecule has 0 spiro atoms. The lowest BCUT2D eigenvalue weighted by Gasteiger charge is -2.65. The van der Waals surface area contributed by atoms with Crippen molar-refractivity contribution in [3.63, 3.8) is 0 Å². The molecule has 2 heterocycles. The average Bonchev–Trinajstić information content (AvgIpc) is 2.48. The van der Waals surface area contributed by atoms with Gasteiger partial charge in [0.15, 0.2) is 0 Å². The minimum atomic E-state index is -0.898. The molecule has 0 radical (unpaired) electrons. The molecular weight excluding hydrogens is 266 g/mol. The van der Waals surface area contributed by atoms with E-state index in [1.54, 1.807) is 12.3 Å². The van der Waals surface area contributed by atoms with Crippen LogP contribution in [0.1, 0.15) is 32.3 Å². The van der Waals surface area contributed by atoms with Crippen molar-refractivity contribution >= 4 is 11.7 Å². The topological polar surface area (TPSA) is 77.2 Å². The van der Waals surface area contributed by atoms with Crippen LogP contribution in [0.5, 0.6) is 0 Å². The van der Waals surface area contributed by atoms with Crippen molar-refractivity contribution in [2.45, 2.75) is 45.3 Å². The van der Waals surface area contributed by atoms with Gasteiger partial charge < -0.3 is 15.8 Å². The van der Waals surface area contributed by atoms with Crippen molar-refractivity contribution in [1.82, 2.24) is 4.98 Å². The molecule has 114 valence electrons. The molecule has 3 atom stereocenters. The molecule has 3 rings (SSSR count). The highest BCUT2D eigenvalue weighted by Gasteiger charge is 2.70. The Hall–Kier alpha value is -1.46. The zero-order valence-electron chi connectivity index (χ0n) is 12.8. The molecule has 1 amide bonds. The van der Waals surface area contributed by atoms with Crippen LogP contribution < -0.4 is 11.1 Å². The van der Waals surface area contributed by atoms with E-state index < -0.39 is 5.54 Å². The Bertz CT molecular complexity index is 555. The highest BCUT2D eigenvalue weighted by Crippen LogP contribution is 2.57. The fourth-order valence-electron chi connectivity index (χ4n) is 3.80. The number of rotatable bonds is 2. The second-order valence-corrected chi connectivity index (χ2v) is 6.81. The SMILES string of the molecule is Cc1ccc(NC(=O)C2(N)C3CCCOC3C2(C)C)nc1. The maximum absolute atomic E-state index is 12.7. The average molecular weight is 289 g/mol. The highest BCUT2D eigenvalue weighted by molar-refractivity contribution is 5.99. The lowest BCUT2D eigenvalue weighted by Crippen LogP contribution is -2.81. The summed E-state index contributed by atoms with van der Waals surface area (Å²) < 4.78 is 5.83. The van der Waals surface area contributed by atoms with Gasteiger partial charge in [-0.15, -0.1) is 0 Å². The number of carbonyl (C=O) groups is 1. The van der Waals surface area contributed by atoms with Gasteiger partial charge in [-0.05, 0) is 31.4 Å². The number of carbonyl (C=O) groups excluding carboxylic acids is 1. The number of aromatic nitrogens is 1. The summed E-state index contributed by atoms with van der Waals surface area (Å²) in [5.41, 5.74) is 6.33. The van der Waals surface area contributed by atoms with Crippen molar-refractivity contribution in [3.05, 3.63) is 23.9 Å². The van der Waals surface area contributed by atoms with E-state index in [4.69, 9.17) is 10.5 Å². The standard InChI is InChI=1S/C16H23N3O2/c1-10-6-7-12(18-9-10)19-14(20)16(17)11-5-4-8-21-13(11)15(16,2)3/h6-7,9,11,13H,4-5,8,17H2,1-3H3,(H,18,19,20). The third-order valence-corrected chi connectivity index (χ3v) is 5.21. The number of hydrogen-bond acceptors (Lipinski definition) is 4. The number of aryl methyl sites for hydroxylation is 1. The maximum atomic E-state index is 12.7. The van der Waals surface area contributed by atoms with Gasteiger partial charge in [-0.2, -0.15) is 0 Å². The Balaban J connectivity index is 1.81. The van der Waals surface area contributed by atoms with Gasteiger partial charge in [-0.25, -0.2) is 4.98 Å². The molecular formula is C16H23N3O2. The van der Waals surface area contributed by atoms with E-state index in [1.807, 2.05) is 26.8 Å². The second-order valence-electron chi connectivity index (χ2n) is 6.81. The number of nitrogens with two attached hydrogens (primary N) is 1. The van der Waals surface area contributed by atoms with Crippen LogP contribution in [-0.4, -0.2) is 29.1 Å². The molecule has 2 aliphatic rings. The van der Waals surface area contributed by atoms with E-state index >= 15 is 0 Å². The third kappa shape index (κ3) is 1.99. The van der Waals surface area contributed by atoms with E-state index in [9.17, 15) is 4.79 Å². The third-order valence-electron chi connectivity index (χ3n) is 5.21. The number of anilines is 1. The molecule has 1 aromatic heterocycles. The highest BCUT2D eigenvalue weighted by atomic mass is 16.5. The molecule has 5 heteroatoms. The van der Waals surface area contributed by atoms with E-state index in [0.29, 0.717) is 5.82 Å². The summed E-state index contributed by atoms with van der Waals surface area (Å²) in [6.45, 7) is 6.76. The molecule has 5 nitrogen and oxygen atoms in total. The van der Waals surface area contributed by atoms with Gasteiger partial charge in [0.05, 0.1) is 6.10 Å². The molecule has 3 N–H and O–H groups in total. The smallest absolute Gasteiger partial charge is 0.246 e. The maximum Gasteiger partial charge on any atom is 0.246 e. The number of pyridine rings is 1. The summed E-state index contributed by atoms with van der Waals surface area (Å²) >= 11 is 0. The van der Waals surface area contributed by atoms with Gasteiger partial charge in [0.25, 0.3) is 0 Å². The summed E-state index contributed by atoms with van der Waals surface area (Å²) in [5.74, 6) is 0.480. The molecule has 1 saturated carbocycles. The van der Waals surface area contributed by atoms with Crippen LogP contribution in [0.4, 0.5) is 5.82 Å². The lowest BCUT2D eigenvalue weighted by molar-refractivity contribution is -0.222. The fraction of sp³-hybridized carbons (Fsp3) is 0.625. The van der Waals surface area contributed by atoms with Crippen molar-refractivity contribution in [3.8, 4) is 0 Å². The van der Waals surface area contributed by atoms with Gasteiger partial charge in [-0.3, -0.25) is 4.79 Å². The first-order chi connectivity index (χ1) is 9.87. The van der Waals surface area contributed by atoms with Crippen molar-refractivity contribution in [2.75, 3.05) is 11.9 Å². The lowest BCUT2D eigenvalue weighted by atomic mass is 9.46. The van der Waals surface area contributed by atoms with Crippen LogP contribution in [-0.2, 0) is 9.53 Å². The summed E-state index contributed by atoms with van der Waals surface area (Å²) in [6.07, 6.45) is 3.72. The Labute approximate surface area is 125 Å². The van der Waals surface area contributed by atoms with Crippen molar-refractivity contribution < 1.29 is 9.53 Å². The predicted octanol–water partition coefficient (Wildman–Crippen LogP) is 1.86. The molecule has 0 bridgehead atoms. The molecule has 3 unspecified atom stereocenters. The number of fused-ring (bicyclic) bond motifs is 1. The molecule has 1 aliphatic heterocycles. The minimum absolute atomic E-state index is 0.0768. The van der Waals surface area contributed by atoms with Crippen LogP contribution >= 0.6 is 0 Å². The molecule has 0 aromatic carbocycles. The number of hydrogen-bond donors (Lipinski definition) is 2. The van der Waals surface area contributed by atoms with Gasteiger partial charge in [-0.1, -0.05) is 19.9 Å². The molecule has 1 aliphatic carbocycles. The number of nitrogens with one attached hydrogen (secondary N) is 1. The van der Waals surface area contributed by atoms with Crippen LogP contribution in [0, 0.1) is 18.3 Å². The zero-order valence-corrected chi connectivity index (χ0v) is 12.8. The fourth-order valence-corrected chi connectivity index (χ4v) is 3.80. The first-order valence-corrected chi connectivity index (χ1v) is 7.52. The summed E-state index contributed by atoms with van der Waals surface area (Å²) in [7, 11) is 0.